The van der Waals surface area contributed by atoms with E-state index in [0.717, 1.165) is 30.7 Å². The van der Waals surface area contributed by atoms with Crippen LogP contribution in [0.1, 0.15) is 18.9 Å². The van der Waals surface area contributed by atoms with Crippen LogP contribution < -0.4 is 4.43 Å². The first-order chi connectivity index (χ1) is 9.86. The summed E-state index contributed by atoms with van der Waals surface area (Å²) in [7, 11) is 0.0243. The molecule has 0 amide bonds. The van der Waals surface area contributed by atoms with Crippen LogP contribution in [-0.2, 0) is 15.3 Å². The molecule has 120 valence electrons. The first kappa shape index (κ1) is 18.4. The number of hydrogen-bond acceptors (Lipinski definition) is 3. The fraction of sp³-hybridized carbons (Fsp3) is 0.625. The maximum atomic E-state index is 6.18. The molecular formula is C16H30O3Si2. The molecule has 0 saturated heterocycles. The predicted molar refractivity (Wildman–Crippen MR) is 93.8 cm³/mol. The number of rotatable bonds is 9. The molecule has 21 heavy (non-hydrogen) atoms. The summed E-state index contributed by atoms with van der Waals surface area (Å²) in [6, 6.07) is 10.4. The molecule has 0 atom stereocenters. The average molecular weight is 327 g/mol. The molecule has 0 aliphatic heterocycles. The van der Waals surface area contributed by atoms with Crippen LogP contribution in [0.2, 0.25) is 31.7 Å². The Bertz CT molecular complexity index is 418. The molecule has 0 bridgehead atoms. The molecule has 0 spiro atoms. The number of para-hydroxylation sites is 1. The van der Waals surface area contributed by atoms with Crippen molar-refractivity contribution in [2.45, 2.75) is 51.5 Å². The van der Waals surface area contributed by atoms with Gasteiger partial charge in [-0.2, -0.15) is 0 Å². The van der Waals surface area contributed by atoms with Gasteiger partial charge < -0.3 is 13.3 Å². The van der Waals surface area contributed by atoms with Crippen molar-refractivity contribution in [1.29, 1.82) is 0 Å². The normalized spacial score (nSPS) is 12.5. The fourth-order valence-corrected chi connectivity index (χ4v) is 5.52. The number of benzene rings is 1. The van der Waals surface area contributed by atoms with Gasteiger partial charge in [-0.15, -0.1) is 0 Å². The van der Waals surface area contributed by atoms with Gasteiger partial charge in [0, 0.05) is 14.2 Å². The maximum absolute atomic E-state index is 6.18. The van der Waals surface area contributed by atoms with E-state index in [2.05, 4.69) is 44.8 Å². The molecule has 0 fully saturated rings. The van der Waals surface area contributed by atoms with Crippen LogP contribution >= 0.6 is 0 Å². The Hall–Kier alpha value is -0.626. The third kappa shape index (κ3) is 5.94. The van der Waals surface area contributed by atoms with Crippen molar-refractivity contribution >= 4 is 16.9 Å². The minimum atomic E-state index is -1.97. The molecule has 1 rings (SSSR count). The van der Waals surface area contributed by atoms with Gasteiger partial charge in [0.2, 0.25) is 8.32 Å². The van der Waals surface area contributed by atoms with Crippen LogP contribution in [0.25, 0.3) is 0 Å². The van der Waals surface area contributed by atoms with E-state index in [1.165, 1.54) is 5.56 Å². The molecule has 5 heteroatoms. The van der Waals surface area contributed by atoms with Gasteiger partial charge in [0.25, 0.3) is 0 Å². The van der Waals surface area contributed by atoms with Crippen molar-refractivity contribution in [2.75, 3.05) is 14.2 Å². The highest BCUT2D eigenvalue weighted by molar-refractivity contribution is 6.70. The van der Waals surface area contributed by atoms with Crippen LogP contribution in [0.15, 0.2) is 24.3 Å². The molecule has 1 aromatic carbocycles. The fourth-order valence-electron chi connectivity index (χ4n) is 2.44. The highest BCUT2D eigenvalue weighted by atomic mass is 28.4. The Kier molecular flexibility index (Phi) is 7.13. The van der Waals surface area contributed by atoms with E-state index >= 15 is 0 Å². The highest BCUT2D eigenvalue weighted by Gasteiger charge is 2.32. The predicted octanol–water partition coefficient (Wildman–Crippen LogP) is 4.59. The zero-order valence-corrected chi connectivity index (χ0v) is 16.4. The Labute approximate surface area is 132 Å². The molecule has 0 radical (unpaired) electrons. The van der Waals surface area contributed by atoms with E-state index in [-0.39, 0.29) is 0 Å². The van der Waals surface area contributed by atoms with Crippen LogP contribution in [0, 0.1) is 0 Å². The maximum Gasteiger partial charge on any atom is 0.337 e. The van der Waals surface area contributed by atoms with Crippen molar-refractivity contribution < 1.29 is 13.3 Å². The molecule has 0 saturated carbocycles. The van der Waals surface area contributed by atoms with Gasteiger partial charge in [-0.1, -0.05) is 25.1 Å². The molecule has 0 aliphatic rings. The van der Waals surface area contributed by atoms with Crippen molar-refractivity contribution in [3.63, 3.8) is 0 Å². The summed E-state index contributed by atoms with van der Waals surface area (Å²) in [5, 5.41) is 0. The van der Waals surface area contributed by atoms with Gasteiger partial charge >= 0.3 is 8.56 Å². The standard InChI is InChI=1S/C16H30O3Si2/c1-7-21(17-2,18-3)14-10-12-15-11-8-9-13-16(15)19-20(4,5)6/h8-9,11,13H,7,10,12,14H2,1-6H3. The van der Waals surface area contributed by atoms with E-state index in [4.69, 9.17) is 13.3 Å². The second-order valence-corrected chi connectivity index (χ2v) is 14.6. The van der Waals surface area contributed by atoms with Gasteiger partial charge in [-0.25, -0.2) is 0 Å². The topological polar surface area (TPSA) is 27.7 Å². The Morgan fingerprint density at radius 3 is 2.14 bits per heavy atom. The lowest BCUT2D eigenvalue weighted by molar-refractivity contribution is 0.242. The summed E-state index contributed by atoms with van der Waals surface area (Å²) in [6.45, 7) is 8.80. The van der Waals surface area contributed by atoms with E-state index in [1.54, 1.807) is 14.2 Å². The van der Waals surface area contributed by atoms with E-state index < -0.39 is 16.9 Å². The van der Waals surface area contributed by atoms with E-state index in [1.807, 2.05) is 6.07 Å². The molecule has 1 aromatic rings. The summed E-state index contributed by atoms with van der Waals surface area (Å²) in [6.07, 6.45) is 2.09. The third-order valence-corrected chi connectivity index (χ3v) is 8.19. The van der Waals surface area contributed by atoms with Crippen molar-refractivity contribution in [2.24, 2.45) is 0 Å². The average Bonchev–Trinajstić information content (AvgIpc) is 2.44. The Balaban J connectivity index is 2.67. The molecule has 3 nitrogen and oxygen atoms in total. The Morgan fingerprint density at radius 1 is 1.00 bits per heavy atom. The van der Waals surface area contributed by atoms with Crippen molar-refractivity contribution in [3.05, 3.63) is 29.8 Å². The summed E-state index contributed by atoms with van der Waals surface area (Å²) in [5.74, 6) is 1.05. The van der Waals surface area contributed by atoms with Crippen LogP contribution in [0.4, 0.5) is 0 Å². The molecule has 0 heterocycles. The Morgan fingerprint density at radius 2 is 1.62 bits per heavy atom. The zero-order chi connectivity index (χ0) is 15.9. The number of aryl methyl sites for hydroxylation is 1. The van der Waals surface area contributed by atoms with E-state index in [0.29, 0.717) is 0 Å². The van der Waals surface area contributed by atoms with Gasteiger partial charge in [0.1, 0.15) is 5.75 Å². The zero-order valence-electron chi connectivity index (χ0n) is 14.4. The second-order valence-electron chi connectivity index (χ2n) is 6.35. The highest BCUT2D eigenvalue weighted by Crippen LogP contribution is 2.26. The third-order valence-electron chi connectivity index (χ3n) is 3.68. The first-order valence-electron chi connectivity index (χ1n) is 7.73. The van der Waals surface area contributed by atoms with Crippen LogP contribution in [-0.4, -0.2) is 31.1 Å². The summed E-state index contributed by atoms with van der Waals surface area (Å²) in [4.78, 5) is 0. The minimum absolute atomic E-state index is 0.993. The SMILES string of the molecule is CC[Si](CCCc1ccccc1O[Si](C)(C)C)(OC)OC. The monoisotopic (exact) mass is 326 g/mol. The lowest BCUT2D eigenvalue weighted by Gasteiger charge is -2.26. The number of hydrogen-bond donors (Lipinski definition) is 0. The van der Waals surface area contributed by atoms with Gasteiger partial charge in [-0.3, -0.25) is 0 Å². The molecule has 0 aromatic heterocycles. The van der Waals surface area contributed by atoms with Gasteiger partial charge in [0.15, 0.2) is 0 Å². The van der Waals surface area contributed by atoms with E-state index in [9.17, 15) is 0 Å². The van der Waals surface area contributed by atoms with Crippen molar-refractivity contribution in [1.82, 2.24) is 0 Å². The molecule has 0 N–H and O–H groups in total. The van der Waals surface area contributed by atoms with Crippen LogP contribution in [0.3, 0.4) is 0 Å². The molecule has 0 unspecified atom stereocenters. The lowest BCUT2D eigenvalue weighted by Crippen LogP contribution is -2.39. The van der Waals surface area contributed by atoms with Crippen LogP contribution in [0.5, 0.6) is 5.75 Å². The summed E-state index contributed by atoms with van der Waals surface area (Å²) >= 11 is 0. The summed E-state index contributed by atoms with van der Waals surface area (Å²) in [5.41, 5.74) is 1.30. The van der Waals surface area contributed by atoms with Crippen molar-refractivity contribution in [3.8, 4) is 5.75 Å². The first-order valence-corrected chi connectivity index (χ1v) is 13.4. The minimum Gasteiger partial charge on any atom is -0.544 e. The molecule has 0 aliphatic carbocycles. The van der Waals surface area contributed by atoms with Gasteiger partial charge in [-0.05, 0) is 56.2 Å². The lowest BCUT2D eigenvalue weighted by atomic mass is 10.1. The molecular weight excluding hydrogens is 296 g/mol. The smallest absolute Gasteiger partial charge is 0.337 e. The largest absolute Gasteiger partial charge is 0.544 e. The van der Waals surface area contributed by atoms with Gasteiger partial charge in [0.05, 0.1) is 0 Å². The summed E-state index contributed by atoms with van der Waals surface area (Å²) < 4.78 is 17.5. The second kappa shape index (κ2) is 8.12. The quantitative estimate of drug-likeness (QED) is 0.621.